The van der Waals surface area contributed by atoms with Crippen molar-refractivity contribution in [3.05, 3.63) is 47.5 Å². The predicted octanol–water partition coefficient (Wildman–Crippen LogP) is 2.32. The number of hydrogen-bond donors (Lipinski definition) is 2. The second kappa shape index (κ2) is 9.25. The SMILES string of the molecule is COC(=O)c1cc(CNC(=O)C(C)C)cc(NS(=O)(=O)c2ccc3c(c2)OCCO3)c1. The first kappa shape index (κ1) is 22.4. The molecule has 0 fully saturated rings. The van der Waals surface area contributed by atoms with Crippen LogP contribution in [-0.4, -0.2) is 40.6 Å². The average molecular weight is 448 g/mol. The number of amides is 1. The lowest BCUT2D eigenvalue weighted by Crippen LogP contribution is -2.27. The highest BCUT2D eigenvalue weighted by Gasteiger charge is 2.21. The van der Waals surface area contributed by atoms with Crippen molar-refractivity contribution in [3.63, 3.8) is 0 Å². The van der Waals surface area contributed by atoms with E-state index in [0.717, 1.165) is 0 Å². The zero-order valence-electron chi connectivity index (χ0n) is 17.4. The van der Waals surface area contributed by atoms with E-state index in [0.29, 0.717) is 30.3 Å². The van der Waals surface area contributed by atoms with Crippen molar-refractivity contribution in [1.82, 2.24) is 5.32 Å². The molecule has 1 heterocycles. The van der Waals surface area contributed by atoms with Crippen LogP contribution in [0.25, 0.3) is 0 Å². The number of carbonyl (C=O) groups excluding carboxylic acids is 2. The topological polar surface area (TPSA) is 120 Å². The van der Waals surface area contributed by atoms with Crippen LogP contribution in [0, 0.1) is 5.92 Å². The van der Waals surface area contributed by atoms with Crippen molar-refractivity contribution in [2.45, 2.75) is 25.3 Å². The van der Waals surface area contributed by atoms with E-state index >= 15 is 0 Å². The Hall–Kier alpha value is -3.27. The number of benzene rings is 2. The smallest absolute Gasteiger partial charge is 0.337 e. The van der Waals surface area contributed by atoms with Gasteiger partial charge >= 0.3 is 5.97 Å². The van der Waals surface area contributed by atoms with Gasteiger partial charge in [0.2, 0.25) is 5.91 Å². The monoisotopic (exact) mass is 448 g/mol. The molecular weight excluding hydrogens is 424 g/mol. The molecule has 1 aliphatic heterocycles. The van der Waals surface area contributed by atoms with Gasteiger partial charge in [-0.3, -0.25) is 9.52 Å². The van der Waals surface area contributed by atoms with Crippen molar-refractivity contribution < 1.29 is 32.2 Å². The van der Waals surface area contributed by atoms with Gasteiger partial charge in [-0.05, 0) is 35.9 Å². The zero-order valence-corrected chi connectivity index (χ0v) is 18.2. The van der Waals surface area contributed by atoms with Gasteiger partial charge in [0.05, 0.1) is 23.3 Å². The Bertz CT molecular complexity index is 1100. The molecule has 0 aromatic heterocycles. The fourth-order valence-corrected chi connectivity index (χ4v) is 3.94. The van der Waals surface area contributed by atoms with Gasteiger partial charge in [0, 0.05) is 18.5 Å². The quantitative estimate of drug-likeness (QED) is 0.624. The van der Waals surface area contributed by atoms with Crippen LogP contribution in [0.15, 0.2) is 41.3 Å². The third-order valence-electron chi connectivity index (χ3n) is 4.48. The highest BCUT2D eigenvalue weighted by Crippen LogP contribution is 2.33. The van der Waals surface area contributed by atoms with Gasteiger partial charge in [-0.2, -0.15) is 0 Å². The minimum Gasteiger partial charge on any atom is -0.486 e. The minimum absolute atomic E-state index is 0.0186. The summed E-state index contributed by atoms with van der Waals surface area (Å²) >= 11 is 0. The van der Waals surface area contributed by atoms with E-state index in [2.05, 4.69) is 10.0 Å². The molecule has 0 bridgehead atoms. The van der Waals surface area contributed by atoms with Crippen LogP contribution < -0.4 is 19.5 Å². The summed E-state index contributed by atoms with van der Waals surface area (Å²) in [5, 5.41) is 2.74. The summed E-state index contributed by atoms with van der Waals surface area (Å²) in [4.78, 5) is 23.9. The van der Waals surface area contributed by atoms with Gasteiger partial charge in [0.25, 0.3) is 10.0 Å². The lowest BCUT2D eigenvalue weighted by Gasteiger charge is -2.19. The number of hydrogen-bond acceptors (Lipinski definition) is 7. The highest BCUT2D eigenvalue weighted by atomic mass is 32.2. The molecule has 0 radical (unpaired) electrons. The van der Waals surface area contributed by atoms with E-state index in [4.69, 9.17) is 14.2 Å². The summed E-state index contributed by atoms with van der Waals surface area (Å²) in [6.45, 7) is 4.37. The Morgan fingerprint density at radius 2 is 1.77 bits per heavy atom. The molecule has 0 unspecified atom stereocenters. The van der Waals surface area contributed by atoms with Crippen LogP contribution in [0.5, 0.6) is 11.5 Å². The zero-order chi connectivity index (χ0) is 22.6. The fraction of sp³-hybridized carbons (Fsp3) is 0.333. The number of rotatable bonds is 7. The molecule has 0 saturated heterocycles. The third kappa shape index (κ3) is 5.46. The van der Waals surface area contributed by atoms with E-state index in [9.17, 15) is 18.0 Å². The first-order chi connectivity index (χ1) is 14.7. The van der Waals surface area contributed by atoms with Gasteiger partial charge < -0.3 is 19.5 Å². The van der Waals surface area contributed by atoms with Crippen molar-refractivity contribution in [2.75, 3.05) is 25.0 Å². The van der Waals surface area contributed by atoms with E-state index in [1.807, 2.05) is 0 Å². The average Bonchev–Trinajstić information content (AvgIpc) is 2.75. The Morgan fingerprint density at radius 1 is 1.06 bits per heavy atom. The number of anilines is 1. The van der Waals surface area contributed by atoms with Crippen LogP contribution in [0.4, 0.5) is 5.69 Å². The number of fused-ring (bicyclic) bond motifs is 1. The summed E-state index contributed by atoms with van der Waals surface area (Å²) < 4.78 is 43.9. The van der Waals surface area contributed by atoms with Gasteiger partial charge in [0.15, 0.2) is 11.5 Å². The predicted molar refractivity (Wildman–Crippen MR) is 113 cm³/mol. The minimum atomic E-state index is -3.98. The molecule has 2 aromatic rings. The Balaban J connectivity index is 1.88. The Kier molecular flexibility index (Phi) is 6.69. The number of methoxy groups -OCH3 is 1. The number of ether oxygens (including phenoxy) is 3. The molecule has 0 atom stereocenters. The highest BCUT2D eigenvalue weighted by molar-refractivity contribution is 7.92. The number of carbonyl (C=O) groups is 2. The molecule has 0 spiro atoms. The molecule has 2 aromatic carbocycles. The molecule has 9 nitrogen and oxygen atoms in total. The fourth-order valence-electron chi connectivity index (χ4n) is 2.89. The first-order valence-corrected chi connectivity index (χ1v) is 11.1. The summed E-state index contributed by atoms with van der Waals surface area (Å²) in [7, 11) is -2.75. The van der Waals surface area contributed by atoms with Crippen molar-refractivity contribution in [2.24, 2.45) is 5.92 Å². The standard InChI is InChI=1S/C21H24N2O7S/c1-13(2)20(24)22-12-14-8-15(21(25)28-3)10-16(9-14)23-31(26,27)17-4-5-18-19(11-17)30-7-6-29-18/h4-5,8-11,13,23H,6-7,12H2,1-3H3,(H,22,24). The number of sulfonamides is 1. The number of esters is 1. The van der Waals surface area contributed by atoms with Gasteiger partial charge in [-0.15, -0.1) is 0 Å². The molecule has 166 valence electrons. The second-order valence-corrected chi connectivity index (χ2v) is 8.88. The van der Waals surface area contributed by atoms with E-state index in [1.165, 1.54) is 37.4 Å². The summed E-state index contributed by atoms with van der Waals surface area (Å²) in [5.74, 6) is -0.189. The van der Waals surface area contributed by atoms with E-state index in [1.54, 1.807) is 19.9 Å². The Morgan fingerprint density at radius 3 is 2.45 bits per heavy atom. The molecule has 1 amide bonds. The van der Waals surface area contributed by atoms with Gasteiger partial charge in [-0.25, -0.2) is 13.2 Å². The van der Waals surface area contributed by atoms with Gasteiger partial charge in [0.1, 0.15) is 13.2 Å². The van der Waals surface area contributed by atoms with Crippen LogP contribution in [0.3, 0.4) is 0 Å². The normalized spacial score (nSPS) is 12.9. The number of nitrogens with one attached hydrogen (secondary N) is 2. The lowest BCUT2D eigenvalue weighted by molar-refractivity contribution is -0.124. The van der Waals surface area contributed by atoms with Gasteiger partial charge in [-0.1, -0.05) is 13.8 Å². The van der Waals surface area contributed by atoms with Crippen LogP contribution in [0.1, 0.15) is 29.8 Å². The molecule has 31 heavy (non-hydrogen) atoms. The molecule has 10 heteroatoms. The lowest BCUT2D eigenvalue weighted by atomic mass is 10.1. The molecule has 3 rings (SSSR count). The first-order valence-electron chi connectivity index (χ1n) is 9.62. The molecule has 0 aliphatic carbocycles. The van der Waals surface area contributed by atoms with E-state index in [-0.39, 0.29) is 34.5 Å². The molecule has 2 N–H and O–H groups in total. The Labute approximate surface area is 180 Å². The maximum absolute atomic E-state index is 12.9. The van der Waals surface area contributed by atoms with Crippen molar-refractivity contribution in [1.29, 1.82) is 0 Å². The van der Waals surface area contributed by atoms with Crippen molar-refractivity contribution >= 4 is 27.6 Å². The van der Waals surface area contributed by atoms with Crippen LogP contribution in [0.2, 0.25) is 0 Å². The summed E-state index contributed by atoms with van der Waals surface area (Å²) in [5.41, 5.74) is 0.849. The molecule has 0 saturated carbocycles. The maximum Gasteiger partial charge on any atom is 0.337 e. The van der Waals surface area contributed by atoms with Crippen molar-refractivity contribution in [3.8, 4) is 11.5 Å². The maximum atomic E-state index is 12.9. The van der Waals surface area contributed by atoms with E-state index < -0.39 is 16.0 Å². The summed E-state index contributed by atoms with van der Waals surface area (Å²) in [6, 6.07) is 8.77. The largest absolute Gasteiger partial charge is 0.486 e. The van der Waals surface area contributed by atoms with Crippen LogP contribution >= 0.6 is 0 Å². The summed E-state index contributed by atoms with van der Waals surface area (Å²) in [6.07, 6.45) is 0. The molecule has 1 aliphatic rings. The van der Waals surface area contributed by atoms with Crippen LogP contribution in [-0.2, 0) is 26.1 Å². The third-order valence-corrected chi connectivity index (χ3v) is 5.86. The molecular formula is C21H24N2O7S. The second-order valence-electron chi connectivity index (χ2n) is 7.19.